The maximum Gasteiger partial charge on any atom is 0.191 e. The minimum atomic E-state index is 0. The summed E-state index contributed by atoms with van der Waals surface area (Å²) in [6.45, 7) is 12.9. The third-order valence-electron chi connectivity index (χ3n) is 5.92. The number of benzene rings is 1. The molecule has 162 valence electrons. The van der Waals surface area contributed by atoms with Gasteiger partial charge in [-0.05, 0) is 82.3 Å². The van der Waals surface area contributed by atoms with Gasteiger partial charge in [-0.25, -0.2) is 0 Å². The molecule has 2 aromatic rings. The smallest absolute Gasteiger partial charge is 0.191 e. The van der Waals surface area contributed by atoms with Gasteiger partial charge < -0.3 is 20.5 Å². The quantitative estimate of drug-likeness (QED) is 0.281. The first-order valence-corrected chi connectivity index (χ1v) is 11.0. The predicted octanol–water partition coefficient (Wildman–Crippen LogP) is 4.31. The van der Waals surface area contributed by atoms with Crippen molar-refractivity contribution in [2.45, 2.75) is 46.5 Å². The Labute approximate surface area is 193 Å². The number of nitrogens with zero attached hydrogens (tertiary/aromatic N) is 2. The van der Waals surface area contributed by atoms with Crippen LogP contribution in [0.5, 0.6) is 0 Å². The number of nitrogens with one attached hydrogen (secondary N) is 3. The van der Waals surface area contributed by atoms with Gasteiger partial charge in [0.15, 0.2) is 5.96 Å². The number of hydrogen-bond acceptors (Lipinski definition) is 2. The summed E-state index contributed by atoms with van der Waals surface area (Å²) in [7, 11) is 0. The van der Waals surface area contributed by atoms with Crippen LogP contribution < -0.4 is 10.6 Å². The molecule has 1 fully saturated rings. The molecule has 1 aromatic heterocycles. The number of aliphatic imine (C=N–C) groups is 1. The number of aromatic amines is 1. The van der Waals surface area contributed by atoms with Gasteiger partial charge in [-0.3, -0.25) is 4.99 Å². The number of aromatic nitrogens is 1. The van der Waals surface area contributed by atoms with E-state index in [1.165, 1.54) is 60.9 Å². The molecule has 3 N–H and O–H groups in total. The Hall–Kier alpha value is -1.28. The number of aryl methyl sites for hydroxylation is 1. The maximum absolute atomic E-state index is 4.81. The minimum Gasteiger partial charge on any atom is -0.361 e. The third kappa shape index (κ3) is 7.17. The van der Waals surface area contributed by atoms with Gasteiger partial charge in [-0.1, -0.05) is 19.1 Å². The Kier molecular flexibility index (Phi) is 10.3. The number of piperidine rings is 1. The topological polar surface area (TPSA) is 55.5 Å². The van der Waals surface area contributed by atoms with Crippen molar-refractivity contribution in [1.29, 1.82) is 0 Å². The Balaban J connectivity index is 0.00000300. The molecule has 0 bridgehead atoms. The highest BCUT2D eigenvalue weighted by atomic mass is 127. The number of likely N-dealkylation sites (tertiary alicyclic amines) is 1. The molecule has 5 nitrogen and oxygen atoms in total. The van der Waals surface area contributed by atoms with Crippen molar-refractivity contribution in [3.63, 3.8) is 0 Å². The second-order valence-electron chi connectivity index (χ2n) is 7.97. The average Bonchev–Trinajstić information content (AvgIpc) is 3.10. The van der Waals surface area contributed by atoms with Gasteiger partial charge >= 0.3 is 0 Å². The summed E-state index contributed by atoms with van der Waals surface area (Å²) >= 11 is 0. The highest BCUT2D eigenvalue weighted by Crippen LogP contribution is 2.20. The van der Waals surface area contributed by atoms with Crippen LogP contribution in [0.3, 0.4) is 0 Å². The fourth-order valence-electron chi connectivity index (χ4n) is 4.11. The van der Waals surface area contributed by atoms with E-state index < -0.39 is 0 Å². The van der Waals surface area contributed by atoms with Crippen molar-refractivity contribution in [2.75, 3.05) is 39.3 Å². The molecule has 0 aliphatic carbocycles. The van der Waals surface area contributed by atoms with Crippen LogP contribution in [0, 0.1) is 12.8 Å². The van der Waals surface area contributed by atoms with Crippen molar-refractivity contribution < 1.29 is 0 Å². The van der Waals surface area contributed by atoms with E-state index in [1.54, 1.807) is 0 Å². The largest absolute Gasteiger partial charge is 0.361 e. The fourth-order valence-corrected chi connectivity index (χ4v) is 4.11. The summed E-state index contributed by atoms with van der Waals surface area (Å²) < 4.78 is 0. The normalized spacial score (nSPS) is 16.0. The summed E-state index contributed by atoms with van der Waals surface area (Å²) in [6.07, 6.45) is 6.98. The molecular weight excluding hydrogens is 473 g/mol. The second-order valence-corrected chi connectivity index (χ2v) is 7.97. The molecule has 1 aliphatic heterocycles. The number of rotatable bonds is 8. The first kappa shape index (κ1) is 24.0. The van der Waals surface area contributed by atoms with Crippen LogP contribution in [0.2, 0.25) is 0 Å². The SMILES string of the molecule is CCNC(=NCCC1CCN(CC)CC1)NCCc1c[nH]c2cc(C)ccc12.I. The lowest BCUT2D eigenvalue weighted by Crippen LogP contribution is -2.38. The lowest BCUT2D eigenvalue weighted by Gasteiger charge is -2.30. The molecule has 0 radical (unpaired) electrons. The molecule has 0 amide bonds. The summed E-state index contributed by atoms with van der Waals surface area (Å²) in [6, 6.07) is 6.62. The molecule has 0 spiro atoms. The molecule has 0 saturated carbocycles. The monoisotopic (exact) mass is 511 g/mol. The summed E-state index contributed by atoms with van der Waals surface area (Å²) in [5, 5.41) is 8.22. The van der Waals surface area contributed by atoms with Crippen LogP contribution in [0.1, 0.15) is 44.2 Å². The second kappa shape index (κ2) is 12.4. The number of H-pyrrole nitrogens is 1. The fraction of sp³-hybridized carbons (Fsp3) is 0.609. The summed E-state index contributed by atoms with van der Waals surface area (Å²) in [4.78, 5) is 10.8. The van der Waals surface area contributed by atoms with Crippen LogP contribution in [-0.2, 0) is 6.42 Å². The molecule has 0 unspecified atom stereocenters. The van der Waals surface area contributed by atoms with Crippen molar-refractivity contribution in [1.82, 2.24) is 20.5 Å². The van der Waals surface area contributed by atoms with E-state index in [1.807, 2.05) is 0 Å². The number of fused-ring (bicyclic) bond motifs is 1. The Morgan fingerprint density at radius 1 is 1.21 bits per heavy atom. The number of guanidine groups is 1. The summed E-state index contributed by atoms with van der Waals surface area (Å²) in [5.41, 5.74) is 3.88. The lowest BCUT2D eigenvalue weighted by molar-refractivity contribution is 0.188. The van der Waals surface area contributed by atoms with E-state index in [2.05, 4.69) is 65.7 Å². The maximum atomic E-state index is 4.81. The molecule has 29 heavy (non-hydrogen) atoms. The van der Waals surface area contributed by atoms with Crippen molar-refractivity contribution in [3.05, 3.63) is 35.5 Å². The van der Waals surface area contributed by atoms with E-state index in [0.717, 1.165) is 37.9 Å². The zero-order valence-corrected chi connectivity index (χ0v) is 20.6. The van der Waals surface area contributed by atoms with E-state index in [-0.39, 0.29) is 24.0 Å². The molecule has 6 heteroatoms. The molecule has 3 rings (SSSR count). The van der Waals surface area contributed by atoms with Gasteiger partial charge in [-0.15, -0.1) is 24.0 Å². The zero-order chi connectivity index (χ0) is 19.8. The van der Waals surface area contributed by atoms with Gasteiger partial charge in [0, 0.05) is 36.7 Å². The van der Waals surface area contributed by atoms with Crippen LogP contribution in [0.25, 0.3) is 10.9 Å². The van der Waals surface area contributed by atoms with E-state index >= 15 is 0 Å². The van der Waals surface area contributed by atoms with Crippen LogP contribution >= 0.6 is 24.0 Å². The van der Waals surface area contributed by atoms with E-state index in [0.29, 0.717) is 0 Å². The van der Waals surface area contributed by atoms with Crippen LogP contribution in [0.15, 0.2) is 29.4 Å². The lowest BCUT2D eigenvalue weighted by atomic mass is 9.94. The Bertz CT molecular complexity index is 762. The van der Waals surface area contributed by atoms with Gasteiger partial charge in [0.1, 0.15) is 0 Å². The Morgan fingerprint density at radius 3 is 2.72 bits per heavy atom. The van der Waals surface area contributed by atoms with Crippen LogP contribution in [-0.4, -0.2) is 55.1 Å². The zero-order valence-electron chi connectivity index (χ0n) is 18.3. The van der Waals surface area contributed by atoms with Crippen molar-refractivity contribution in [2.24, 2.45) is 10.9 Å². The molecule has 1 saturated heterocycles. The van der Waals surface area contributed by atoms with Crippen LogP contribution in [0.4, 0.5) is 0 Å². The highest BCUT2D eigenvalue weighted by molar-refractivity contribution is 14.0. The first-order valence-electron chi connectivity index (χ1n) is 11.0. The van der Waals surface area contributed by atoms with Gasteiger partial charge in [0.05, 0.1) is 0 Å². The van der Waals surface area contributed by atoms with Crippen molar-refractivity contribution in [3.8, 4) is 0 Å². The minimum absolute atomic E-state index is 0. The number of halogens is 1. The first-order chi connectivity index (χ1) is 13.7. The van der Waals surface area contributed by atoms with Gasteiger partial charge in [-0.2, -0.15) is 0 Å². The van der Waals surface area contributed by atoms with E-state index in [4.69, 9.17) is 4.99 Å². The molecule has 1 aliphatic rings. The van der Waals surface area contributed by atoms with Crippen molar-refractivity contribution >= 4 is 40.8 Å². The predicted molar refractivity (Wildman–Crippen MR) is 136 cm³/mol. The molecule has 1 aromatic carbocycles. The average molecular weight is 511 g/mol. The molecular formula is C23H38IN5. The van der Waals surface area contributed by atoms with E-state index in [9.17, 15) is 0 Å². The van der Waals surface area contributed by atoms with Gasteiger partial charge in [0.2, 0.25) is 0 Å². The highest BCUT2D eigenvalue weighted by Gasteiger charge is 2.17. The summed E-state index contributed by atoms with van der Waals surface area (Å²) in [5.74, 6) is 1.79. The Morgan fingerprint density at radius 2 is 2.00 bits per heavy atom. The molecule has 0 atom stereocenters. The van der Waals surface area contributed by atoms with Gasteiger partial charge in [0.25, 0.3) is 0 Å². The number of hydrogen-bond donors (Lipinski definition) is 3. The molecule has 2 heterocycles. The standard InChI is InChI=1S/C23H37N5.HI/c1-4-24-23(25-12-8-19-10-14-28(5-2)15-11-19)26-13-9-20-17-27-22-16-18(3)6-7-21(20)22;/h6-7,16-17,19,27H,4-5,8-15H2,1-3H3,(H2,24,25,26);1H. The third-order valence-corrected chi connectivity index (χ3v) is 5.92.